The van der Waals surface area contributed by atoms with Gasteiger partial charge in [-0.05, 0) is 77.1 Å². The molecule has 1 aliphatic carbocycles. The number of fused-ring (bicyclic) bond motifs is 1. The van der Waals surface area contributed by atoms with Crippen molar-refractivity contribution in [3.8, 4) is 17.0 Å². The molecule has 0 unspecified atom stereocenters. The Hall–Kier alpha value is -3.51. The van der Waals surface area contributed by atoms with Gasteiger partial charge in [-0.1, -0.05) is 19.6 Å². The second kappa shape index (κ2) is 13.1. The highest BCUT2D eigenvalue weighted by atomic mass is 28.3. The molecule has 0 spiro atoms. The van der Waals surface area contributed by atoms with Gasteiger partial charge in [0.15, 0.2) is 0 Å². The Labute approximate surface area is 265 Å². The Morgan fingerprint density at radius 3 is 2.58 bits per heavy atom. The first kappa shape index (κ1) is 32.9. The van der Waals surface area contributed by atoms with E-state index in [1.54, 1.807) is 11.0 Å². The van der Waals surface area contributed by atoms with Crippen LogP contribution in [-0.2, 0) is 16.2 Å². The Morgan fingerprint density at radius 2 is 1.89 bits per heavy atom. The van der Waals surface area contributed by atoms with E-state index in [1.807, 2.05) is 32.3 Å². The number of halogens is 1. The van der Waals surface area contributed by atoms with Crippen LogP contribution in [0.4, 0.5) is 9.18 Å². The van der Waals surface area contributed by atoms with Crippen LogP contribution in [0.15, 0.2) is 24.5 Å². The molecular formula is C33H46FN5O5Si. The van der Waals surface area contributed by atoms with Crippen LogP contribution in [0, 0.1) is 18.7 Å². The number of carbonyl (C=O) groups excluding carboxylic acids is 2. The van der Waals surface area contributed by atoms with Crippen molar-refractivity contribution in [1.29, 1.82) is 0 Å². The first-order valence-electron chi connectivity index (χ1n) is 15.8. The fraction of sp³-hybridized carbons (Fsp3) is 0.576. The van der Waals surface area contributed by atoms with Gasteiger partial charge in [-0.3, -0.25) is 4.79 Å². The molecule has 0 radical (unpaired) electrons. The summed E-state index contributed by atoms with van der Waals surface area (Å²) in [5.41, 5.74) is 2.46. The largest absolute Gasteiger partial charge is 0.493 e. The SMILES string of the molecule is Cc1c(C(=O)N[C@@H]2CCN(C(=O)OC(C)(C)C)C2)c2ncnc(-c3cc(F)ccc3OCC3CC3)c2n1COCC[Si](C)(C)C. The highest BCUT2D eigenvalue weighted by Crippen LogP contribution is 2.38. The second-order valence-electron chi connectivity index (χ2n) is 14.4. The van der Waals surface area contributed by atoms with Crippen LogP contribution in [0.1, 0.15) is 56.1 Å². The van der Waals surface area contributed by atoms with E-state index < -0.39 is 25.6 Å². The zero-order valence-electron chi connectivity index (χ0n) is 27.5. The molecule has 2 aliphatic rings. The van der Waals surface area contributed by atoms with Crippen LogP contribution in [0.3, 0.4) is 0 Å². The molecule has 3 aromatic rings. The summed E-state index contributed by atoms with van der Waals surface area (Å²) >= 11 is 0. The molecule has 1 atom stereocenters. The molecule has 5 rings (SSSR count). The van der Waals surface area contributed by atoms with Gasteiger partial charge in [-0.2, -0.15) is 0 Å². The number of nitrogens with one attached hydrogen (secondary N) is 1. The highest BCUT2D eigenvalue weighted by molar-refractivity contribution is 6.76. The number of hydrogen-bond donors (Lipinski definition) is 1. The summed E-state index contributed by atoms with van der Waals surface area (Å²) in [5.74, 6) is 0.331. The summed E-state index contributed by atoms with van der Waals surface area (Å²) in [7, 11) is -1.33. The van der Waals surface area contributed by atoms with Gasteiger partial charge in [0.2, 0.25) is 0 Å². The second-order valence-corrected chi connectivity index (χ2v) is 20.1. The number of rotatable bonds is 11. The minimum absolute atomic E-state index is 0.184. The quantitative estimate of drug-likeness (QED) is 0.191. The molecule has 1 saturated carbocycles. The summed E-state index contributed by atoms with van der Waals surface area (Å²) < 4.78 is 34.4. The van der Waals surface area contributed by atoms with E-state index in [-0.39, 0.29) is 18.7 Å². The lowest BCUT2D eigenvalue weighted by molar-refractivity contribution is 0.0290. The maximum absolute atomic E-state index is 14.7. The van der Waals surface area contributed by atoms with Gasteiger partial charge in [0.25, 0.3) is 5.91 Å². The van der Waals surface area contributed by atoms with Crippen molar-refractivity contribution in [3.63, 3.8) is 0 Å². The van der Waals surface area contributed by atoms with Crippen LogP contribution in [-0.4, -0.2) is 77.5 Å². The van der Waals surface area contributed by atoms with Crippen LogP contribution in [0.2, 0.25) is 25.7 Å². The third kappa shape index (κ3) is 8.21. The topological polar surface area (TPSA) is 108 Å². The fourth-order valence-electron chi connectivity index (χ4n) is 5.39. The molecule has 0 bridgehead atoms. The Morgan fingerprint density at radius 1 is 1.13 bits per heavy atom. The van der Waals surface area contributed by atoms with Crippen LogP contribution >= 0.6 is 0 Å². The first-order chi connectivity index (χ1) is 21.2. The van der Waals surface area contributed by atoms with Crippen molar-refractivity contribution in [2.24, 2.45) is 5.92 Å². The lowest BCUT2D eigenvalue weighted by Gasteiger charge is -2.24. The summed E-state index contributed by atoms with van der Waals surface area (Å²) in [5, 5.41) is 3.11. The van der Waals surface area contributed by atoms with E-state index in [1.165, 1.54) is 18.5 Å². The van der Waals surface area contributed by atoms with E-state index in [4.69, 9.17) is 14.2 Å². The Kier molecular flexibility index (Phi) is 9.55. The Bertz CT molecular complexity index is 1560. The van der Waals surface area contributed by atoms with Crippen molar-refractivity contribution in [3.05, 3.63) is 41.6 Å². The van der Waals surface area contributed by atoms with Crippen molar-refractivity contribution in [1.82, 2.24) is 24.8 Å². The summed E-state index contributed by atoms with van der Waals surface area (Å²) in [6, 6.07) is 5.18. The molecule has 12 heteroatoms. The lowest BCUT2D eigenvalue weighted by atomic mass is 10.1. The predicted molar refractivity (Wildman–Crippen MR) is 174 cm³/mol. The molecule has 244 valence electrons. The van der Waals surface area contributed by atoms with E-state index in [0.717, 1.165) is 18.9 Å². The van der Waals surface area contributed by atoms with Gasteiger partial charge in [0.1, 0.15) is 41.4 Å². The minimum Gasteiger partial charge on any atom is -0.493 e. The van der Waals surface area contributed by atoms with Gasteiger partial charge in [-0.25, -0.2) is 19.2 Å². The third-order valence-corrected chi connectivity index (χ3v) is 9.79. The maximum atomic E-state index is 14.7. The van der Waals surface area contributed by atoms with Crippen molar-refractivity contribution < 1.29 is 28.2 Å². The lowest BCUT2D eigenvalue weighted by Crippen LogP contribution is -2.40. The van der Waals surface area contributed by atoms with E-state index in [0.29, 0.717) is 77.9 Å². The zero-order chi connectivity index (χ0) is 32.5. The van der Waals surface area contributed by atoms with E-state index >= 15 is 0 Å². The summed E-state index contributed by atoms with van der Waals surface area (Å²) in [6.45, 7) is 16.4. The molecule has 2 amide bonds. The number of ether oxygens (including phenoxy) is 3. The zero-order valence-corrected chi connectivity index (χ0v) is 28.5. The third-order valence-electron chi connectivity index (χ3n) is 8.08. The standard InChI is InChI=1S/C33H46FN5O5Si/c1-21-27(31(40)37-24-12-13-38(17-24)32(41)44-33(2,3)4)29-30(39(21)20-42-14-15-45(5,6)7)28(35-19-36-29)25-16-23(34)10-11-26(25)43-18-22-8-9-22/h10-11,16,19,22,24H,8-9,12-15,17-18,20H2,1-7H3,(H,37,40)/t24-/m1/s1. The van der Waals surface area contributed by atoms with Gasteiger partial charge in [0, 0.05) is 45.1 Å². The molecule has 2 fully saturated rings. The number of hydrogen-bond acceptors (Lipinski definition) is 7. The van der Waals surface area contributed by atoms with Gasteiger partial charge < -0.3 is 29.0 Å². The number of carbonyl (C=O) groups is 2. The Balaban J connectivity index is 1.48. The number of nitrogens with zero attached hydrogens (tertiary/aromatic N) is 4. The van der Waals surface area contributed by atoms with Crippen LogP contribution in [0.25, 0.3) is 22.3 Å². The maximum Gasteiger partial charge on any atom is 0.410 e. The first-order valence-corrected chi connectivity index (χ1v) is 19.5. The average Bonchev–Trinajstić information content (AvgIpc) is 3.58. The molecule has 1 aromatic carbocycles. The molecule has 1 N–H and O–H groups in total. The molecular weight excluding hydrogens is 593 g/mol. The average molecular weight is 640 g/mol. The number of amides is 2. The van der Waals surface area contributed by atoms with Crippen LogP contribution < -0.4 is 10.1 Å². The van der Waals surface area contributed by atoms with Crippen molar-refractivity contribution >= 4 is 31.1 Å². The van der Waals surface area contributed by atoms with Crippen molar-refractivity contribution in [2.45, 2.75) is 91.0 Å². The summed E-state index contributed by atoms with van der Waals surface area (Å²) in [6.07, 6.45) is 3.86. The van der Waals surface area contributed by atoms with Gasteiger partial charge in [0.05, 0.1) is 17.7 Å². The molecule has 2 aromatic heterocycles. The van der Waals surface area contributed by atoms with E-state index in [2.05, 4.69) is 34.9 Å². The highest BCUT2D eigenvalue weighted by Gasteiger charge is 2.33. The normalized spacial score (nSPS) is 17.2. The molecule has 1 saturated heterocycles. The number of aromatic nitrogens is 3. The van der Waals surface area contributed by atoms with E-state index in [9.17, 15) is 14.0 Å². The fourth-order valence-corrected chi connectivity index (χ4v) is 6.15. The van der Waals surface area contributed by atoms with Gasteiger partial charge in [-0.15, -0.1) is 0 Å². The predicted octanol–water partition coefficient (Wildman–Crippen LogP) is 6.39. The van der Waals surface area contributed by atoms with Crippen molar-refractivity contribution in [2.75, 3.05) is 26.3 Å². The molecule has 3 heterocycles. The molecule has 10 nitrogen and oxygen atoms in total. The van der Waals surface area contributed by atoms with Gasteiger partial charge >= 0.3 is 6.09 Å². The minimum atomic E-state index is -1.33. The summed E-state index contributed by atoms with van der Waals surface area (Å²) in [4.78, 5) is 37.3. The molecule has 45 heavy (non-hydrogen) atoms. The number of likely N-dealkylation sites (tertiary alicyclic amines) is 1. The molecule has 1 aliphatic heterocycles. The van der Waals surface area contributed by atoms with Crippen LogP contribution in [0.5, 0.6) is 5.75 Å². The monoisotopic (exact) mass is 639 g/mol. The number of benzene rings is 1. The smallest absolute Gasteiger partial charge is 0.410 e.